The van der Waals surface area contributed by atoms with Crippen LogP contribution in [0.2, 0.25) is 5.02 Å². The average Bonchev–Trinajstić information content (AvgIpc) is 2.63. The molecule has 6 heteroatoms. The molecule has 3 rings (SSSR count). The zero-order valence-electron chi connectivity index (χ0n) is 14.3. The Kier molecular flexibility index (Phi) is 5.79. The minimum atomic E-state index is 0.0337. The van der Waals surface area contributed by atoms with E-state index in [1.807, 2.05) is 48.5 Å². The summed E-state index contributed by atoms with van der Waals surface area (Å²) in [5.41, 5.74) is 1.87. The van der Waals surface area contributed by atoms with E-state index < -0.39 is 0 Å². The minimum Gasteiger partial charge on any atom is -0.497 e. The molecule has 1 saturated heterocycles. The van der Waals surface area contributed by atoms with E-state index in [1.54, 1.807) is 7.11 Å². The molecule has 1 amide bonds. The van der Waals surface area contributed by atoms with Crippen molar-refractivity contribution in [1.29, 1.82) is 0 Å². The number of rotatable bonds is 5. The maximum Gasteiger partial charge on any atom is 0.279 e. The molecule has 1 aliphatic heterocycles. The van der Waals surface area contributed by atoms with Crippen molar-refractivity contribution in [3.05, 3.63) is 53.6 Å². The topological polar surface area (TPSA) is 46.0 Å². The summed E-state index contributed by atoms with van der Waals surface area (Å²) in [7, 11) is 1.62. The Morgan fingerprint density at radius 2 is 1.84 bits per heavy atom. The van der Waals surface area contributed by atoms with Gasteiger partial charge in [-0.25, -0.2) is 0 Å². The van der Waals surface area contributed by atoms with Crippen LogP contribution in [-0.2, 0) is 4.79 Å². The van der Waals surface area contributed by atoms with Crippen LogP contribution in [0.5, 0.6) is 5.75 Å². The summed E-state index contributed by atoms with van der Waals surface area (Å²) in [4.78, 5) is 15.8. The number of benzene rings is 2. The minimum absolute atomic E-state index is 0.0337. The van der Waals surface area contributed by atoms with Crippen LogP contribution in [0.3, 0.4) is 0 Å². The fourth-order valence-corrected chi connectivity index (χ4v) is 3.31. The van der Waals surface area contributed by atoms with Crippen molar-refractivity contribution >= 4 is 28.9 Å². The van der Waals surface area contributed by atoms with Crippen molar-refractivity contribution in [3.63, 3.8) is 0 Å². The molecule has 25 heavy (non-hydrogen) atoms. The number of carbonyl (C=O) groups excluding carboxylic acids is 1. The highest BCUT2D eigenvalue weighted by atomic mass is 35.5. The molecule has 2 N–H and O–H groups in total. The molecular formula is C19H23ClN3O2+. The average molecular weight is 361 g/mol. The van der Waals surface area contributed by atoms with Crippen LogP contribution in [0, 0.1) is 0 Å². The fourth-order valence-electron chi connectivity index (χ4n) is 3.06. The first kappa shape index (κ1) is 17.6. The molecule has 0 atom stereocenters. The third kappa shape index (κ3) is 4.65. The van der Waals surface area contributed by atoms with E-state index in [2.05, 4.69) is 10.2 Å². The number of para-hydroxylation sites is 1. The molecule has 0 bridgehead atoms. The highest BCUT2D eigenvalue weighted by molar-refractivity contribution is 6.33. The Labute approximate surface area is 153 Å². The van der Waals surface area contributed by atoms with Gasteiger partial charge in [0.2, 0.25) is 0 Å². The standard InChI is InChI=1S/C19H22ClN3O2/c1-25-16-8-6-15(7-9-16)21-19(24)14-22-10-12-23(13-11-22)18-5-3-2-4-17(18)20/h2-9H,10-14H2,1H3,(H,21,24)/p+1. The molecule has 1 heterocycles. The lowest BCUT2D eigenvalue weighted by Crippen LogP contribution is -3.15. The summed E-state index contributed by atoms with van der Waals surface area (Å²) < 4.78 is 5.12. The molecule has 2 aromatic carbocycles. The van der Waals surface area contributed by atoms with Crippen LogP contribution >= 0.6 is 11.6 Å². The van der Waals surface area contributed by atoms with Crippen molar-refractivity contribution in [3.8, 4) is 5.75 Å². The first-order valence-corrected chi connectivity index (χ1v) is 8.80. The molecule has 1 fully saturated rings. The summed E-state index contributed by atoms with van der Waals surface area (Å²) in [5, 5.41) is 3.72. The Balaban J connectivity index is 1.48. The zero-order valence-corrected chi connectivity index (χ0v) is 15.1. The van der Waals surface area contributed by atoms with Gasteiger partial charge in [0.25, 0.3) is 5.91 Å². The van der Waals surface area contributed by atoms with Gasteiger partial charge in [-0.1, -0.05) is 23.7 Å². The second-order valence-electron chi connectivity index (χ2n) is 6.14. The normalized spacial score (nSPS) is 15.0. The van der Waals surface area contributed by atoms with Crippen LogP contribution in [0.4, 0.5) is 11.4 Å². The number of piperazine rings is 1. The van der Waals surface area contributed by atoms with Crippen molar-refractivity contribution in [1.82, 2.24) is 0 Å². The third-order valence-corrected chi connectivity index (χ3v) is 4.77. The van der Waals surface area contributed by atoms with E-state index in [1.165, 1.54) is 4.90 Å². The highest BCUT2D eigenvalue weighted by Gasteiger charge is 2.23. The number of hydrogen-bond acceptors (Lipinski definition) is 3. The van der Waals surface area contributed by atoms with E-state index in [-0.39, 0.29) is 5.91 Å². The van der Waals surface area contributed by atoms with Crippen molar-refractivity contribution in [2.45, 2.75) is 0 Å². The SMILES string of the molecule is COc1ccc(NC(=O)C[NH+]2CCN(c3ccccc3Cl)CC2)cc1. The Morgan fingerprint density at radius 3 is 2.48 bits per heavy atom. The molecule has 1 aliphatic rings. The van der Waals surface area contributed by atoms with E-state index in [0.29, 0.717) is 6.54 Å². The van der Waals surface area contributed by atoms with Crippen LogP contribution in [0.25, 0.3) is 0 Å². The van der Waals surface area contributed by atoms with Gasteiger partial charge in [-0.2, -0.15) is 0 Å². The Bertz CT molecular complexity index is 713. The van der Waals surface area contributed by atoms with Crippen molar-refractivity contribution in [2.24, 2.45) is 0 Å². The lowest BCUT2D eigenvalue weighted by atomic mass is 10.2. The second kappa shape index (κ2) is 8.23. The first-order valence-electron chi connectivity index (χ1n) is 8.42. The van der Waals surface area contributed by atoms with Crippen LogP contribution < -0.4 is 19.9 Å². The monoisotopic (exact) mass is 360 g/mol. The van der Waals surface area contributed by atoms with Crippen LogP contribution in [0.1, 0.15) is 0 Å². The maximum atomic E-state index is 12.2. The number of amides is 1. The lowest BCUT2D eigenvalue weighted by Gasteiger charge is -2.33. The van der Waals surface area contributed by atoms with Gasteiger partial charge in [0, 0.05) is 5.69 Å². The second-order valence-corrected chi connectivity index (χ2v) is 6.55. The molecule has 0 spiro atoms. The predicted octanol–water partition coefficient (Wildman–Crippen LogP) is 1.69. The van der Waals surface area contributed by atoms with E-state index in [4.69, 9.17) is 16.3 Å². The molecule has 0 unspecified atom stereocenters. The van der Waals surface area contributed by atoms with Gasteiger partial charge in [-0.15, -0.1) is 0 Å². The summed E-state index contributed by atoms with van der Waals surface area (Å²) in [6.45, 7) is 4.11. The molecule has 132 valence electrons. The van der Waals surface area contributed by atoms with Crippen LogP contribution in [-0.4, -0.2) is 45.7 Å². The van der Waals surface area contributed by atoms with Gasteiger partial charge < -0.3 is 19.9 Å². The van der Waals surface area contributed by atoms with E-state index >= 15 is 0 Å². The molecule has 0 aliphatic carbocycles. The molecule has 0 saturated carbocycles. The number of hydrogen-bond donors (Lipinski definition) is 2. The zero-order chi connectivity index (χ0) is 17.6. The van der Waals surface area contributed by atoms with Gasteiger partial charge >= 0.3 is 0 Å². The first-order chi connectivity index (χ1) is 12.2. The van der Waals surface area contributed by atoms with E-state index in [9.17, 15) is 4.79 Å². The van der Waals surface area contributed by atoms with Gasteiger partial charge in [-0.3, -0.25) is 4.79 Å². The summed E-state index contributed by atoms with van der Waals surface area (Å²) in [6.07, 6.45) is 0. The van der Waals surface area contributed by atoms with E-state index in [0.717, 1.165) is 48.3 Å². The third-order valence-electron chi connectivity index (χ3n) is 4.45. The summed E-state index contributed by atoms with van der Waals surface area (Å²) in [5.74, 6) is 0.811. The van der Waals surface area contributed by atoms with Crippen molar-refractivity contribution in [2.75, 3.05) is 50.1 Å². The Hall–Kier alpha value is -2.24. The summed E-state index contributed by atoms with van der Waals surface area (Å²) >= 11 is 6.27. The maximum absolute atomic E-state index is 12.2. The number of nitrogens with one attached hydrogen (secondary N) is 2. The number of halogens is 1. The van der Waals surface area contributed by atoms with Gasteiger partial charge in [0.15, 0.2) is 6.54 Å². The lowest BCUT2D eigenvalue weighted by molar-refractivity contribution is -0.892. The van der Waals surface area contributed by atoms with Gasteiger partial charge in [0.1, 0.15) is 5.75 Å². The smallest absolute Gasteiger partial charge is 0.279 e. The van der Waals surface area contributed by atoms with Crippen LogP contribution in [0.15, 0.2) is 48.5 Å². The van der Waals surface area contributed by atoms with Gasteiger partial charge in [-0.05, 0) is 36.4 Å². The fraction of sp³-hybridized carbons (Fsp3) is 0.316. The molecule has 2 aromatic rings. The molecular weight excluding hydrogens is 338 g/mol. The number of ether oxygens (including phenoxy) is 1. The molecule has 0 radical (unpaired) electrons. The van der Waals surface area contributed by atoms with Crippen molar-refractivity contribution < 1.29 is 14.4 Å². The molecule has 5 nitrogen and oxygen atoms in total. The number of methoxy groups -OCH3 is 1. The summed E-state index contributed by atoms with van der Waals surface area (Å²) in [6, 6.07) is 15.3. The predicted molar refractivity (Wildman–Crippen MR) is 101 cm³/mol. The highest BCUT2D eigenvalue weighted by Crippen LogP contribution is 2.24. The number of carbonyl (C=O) groups is 1. The quantitative estimate of drug-likeness (QED) is 0.853. The number of nitrogens with zero attached hydrogens (tertiary/aromatic N) is 1. The molecule has 0 aromatic heterocycles. The van der Waals surface area contributed by atoms with Gasteiger partial charge in [0.05, 0.1) is 44.0 Å². The number of quaternary nitrogens is 1. The largest absolute Gasteiger partial charge is 0.497 e. The Morgan fingerprint density at radius 1 is 1.16 bits per heavy atom. The number of anilines is 2.